The molecule has 2 rings (SSSR count). The number of imide groups is 1. The zero-order valence-electron chi connectivity index (χ0n) is 11.0. The van der Waals surface area contributed by atoms with Crippen molar-refractivity contribution in [3.8, 4) is 0 Å². The minimum absolute atomic E-state index is 0.163. The minimum Gasteiger partial charge on any atom is -0.274 e. The molecule has 20 heavy (non-hydrogen) atoms. The van der Waals surface area contributed by atoms with E-state index in [-0.39, 0.29) is 11.8 Å². The van der Waals surface area contributed by atoms with Crippen LogP contribution in [0.3, 0.4) is 0 Å². The fourth-order valence-electron chi connectivity index (χ4n) is 1.77. The lowest BCUT2D eigenvalue weighted by molar-refractivity contribution is 0.0636. The Morgan fingerprint density at radius 2 is 1.40 bits per heavy atom. The molecule has 8 heteroatoms. The Kier molecular flexibility index (Phi) is 4.98. The molecule has 1 heterocycles. The lowest BCUT2D eigenvalue weighted by Gasteiger charge is -2.15. The smallest absolute Gasteiger partial charge is 0.274 e. The van der Waals surface area contributed by atoms with Gasteiger partial charge in [-0.15, -0.1) is 0 Å². The molecule has 110 valence electrons. The molecule has 7 nitrogen and oxygen atoms in total. The van der Waals surface area contributed by atoms with E-state index in [4.69, 9.17) is 17.5 Å². The second-order valence-corrected chi connectivity index (χ2v) is 5.50. The first-order valence-electron chi connectivity index (χ1n) is 5.76. The van der Waals surface area contributed by atoms with Crippen molar-refractivity contribution < 1.29 is 27.1 Å². The highest BCUT2D eigenvalue weighted by Gasteiger charge is 2.34. The van der Waals surface area contributed by atoms with Crippen LogP contribution >= 0.6 is 0 Å². The number of carbonyl (C=O) groups excluding carboxylic acids is 2. The van der Waals surface area contributed by atoms with Crippen molar-refractivity contribution in [1.29, 1.82) is 0 Å². The molecule has 0 radical (unpaired) electrons. The van der Waals surface area contributed by atoms with Crippen molar-refractivity contribution in [3.05, 3.63) is 35.4 Å². The fraction of sp³-hybridized carbons (Fsp3) is 0.333. The molecule has 1 aliphatic heterocycles. The Morgan fingerprint density at radius 3 is 1.70 bits per heavy atom. The average Bonchev–Trinajstić information content (AvgIpc) is 2.53. The molecule has 0 bridgehead atoms. The zero-order chi connectivity index (χ0) is 15.5. The molecule has 2 amide bonds. The van der Waals surface area contributed by atoms with Gasteiger partial charge in [-0.2, -0.15) is 8.42 Å². The molecular weight excluding hydrogens is 286 g/mol. The van der Waals surface area contributed by atoms with Gasteiger partial charge in [0, 0.05) is 6.54 Å². The van der Waals surface area contributed by atoms with E-state index in [1.54, 1.807) is 24.3 Å². The molecule has 1 aromatic rings. The Morgan fingerprint density at radius 1 is 1.05 bits per heavy atom. The topological polar surface area (TPSA) is 112 Å². The van der Waals surface area contributed by atoms with Gasteiger partial charge in [0.25, 0.3) is 11.8 Å². The van der Waals surface area contributed by atoms with Gasteiger partial charge in [-0.05, 0) is 18.1 Å². The van der Waals surface area contributed by atoms with Gasteiger partial charge in [-0.1, -0.05) is 26.0 Å². The first kappa shape index (κ1) is 16.3. The Bertz CT molecular complexity index is 580. The van der Waals surface area contributed by atoms with Crippen LogP contribution in [0.25, 0.3) is 0 Å². The lowest BCUT2D eigenvalue weighted by atomic mass is 10.1. The summed E-state index contributed by atoms with van der Waals surface area (Å²) in [7, 11) is -4.67. The van der Waals surface area contributed by atoms with E-state index in [1.165, 1.54) is 4.90 Å². The molecular formula is C12H15NO6S. The van der Waals surface area contributed by atoms with Crippen LogP contribution in [0.15, 0.2) is 24.3 Å². The average molecular weight is 301 g/mol. The van der Waals surface area contributed by atoms with Gasteiger partial charge in [-0.3, -0.25) is 23.6 Å². The molecule has 0 saturated heterocycles. The summed E-state index contributed by atoms with van der Waals surface area (Å²) in [5, 5.41) is 0. The van der Waals surface area contributed by atoms with Crippen LogP contribution in [-0.2, 0) is 10.4 Å². The largest absolute Gasteiger partial charge is 0.394 e. The van der Waals surface area contributed by atoms with Crippen LogP contribution in [0.1, 0.15) is 34.6 Å². The summed E-state index contributed by atoms with van der Waals surface area (Å²) in [6.07, 6.45) is 0. The molecule has 1 aliphatic rings. The highest BCUT2D eigenvalue weighted by molar-refractivity contribution is 7.79. The third-order valence-electron chi connectivity index (χ3n) is 2.43. The molecule has 0 spiro atoms. The predicted octanol–water partition coefficient (Wildman–Crippen LogP) is 1.29. The molecule has 0 aliphatic carbocycles. The van der Waals surface area contributed by atoms with E-state index >= 15 is 0 Å². The number of hydrogen-bond donors (Lipinski definition) is 2. The maximum absolute atomic E-state index is 11.8. The Labute approximate surface area is 116 Å². The van der Waals surface area contributed by atoms with Gasteiger partial charge in [0.1, 0.15) is 0 Å². The van der Waals surface area contributed by atoms with E-state index in [9.17, 15) is 9.59 Å². The number of fused-ring (bicyclic) bond motifs is 1. The van der Waals surface area contributed by atoms with Crippen LogP contribution in [0.5, 0.6) is 0 Å². The quantitative estimate of drug-likeness (QED) is 0.628. The van der Waals surface area contributed by atoms with Crippen LogP contribution in [-0.4, -0.2) is 40.8 Å². The van der Waals surface area contributed by atoms with Crippen molar-refractivity contribution in [3.63, 3.8) is 0 Å². The maximum atomic E-state index is 11.8. The normalized spacial score (nSPS) is 14.2. The third kappa shape index (κ3) is 4.41. The number of rotatable bonds is 2. The van der Waals surface area contributed by atoms with E-state index in [2.05, 4.69) is 0 Å². The third-order valence-corrected chi connectivity index (χ3v) is 2.43. The van der Waals surface area contributed by atoms with Gasteiger partial charge >= 0.3 is 10.4 Å². The van der Waals surface area contributed by atoms with E-state index in [1.807, 2.05) is 13.8 Å². The fourth-order valence-corrected chi connectivity index (χ4v) is 1.77. The van der Waals surface area contributed by atoms with Gasteiger partial charge in [0.05, 0.1) is 11.1 Å². The first-order valence-corrected chi connectivity index (χ1v) is 7.16. The Balaban J connectivity index is 0.000000347. The SMILES string of the molecule is CC(C)CN1C(=O)c2ccccc2C1=O.O=S(=O)(O)O. The molecule has 0 fully saturated rings. The summed E-state index contributed by atoms with van der Waals surface area (Å²) in [6.45, 7) is 4.47. The number of hydrogen-bond acceptors (Lipinski definition) is 4. The van der Waals surface area contributed by atoms with Crippen molar-refractivity contribution in [1.82, 2.24) is 4.90 Å². The van der Waals surface area contributed by atoms with E-state index < -0.39 is 10.4 Å². The highest BCUT2D eigenvalue weighted by Crippen LogP contribution is 2.22. The van der Waals surface area contributed by atoms with Crippen LogP contribution in [0.2, 0.25) is 0 Å². The Hall–Kier alpha value is -1.77. The predicted molar refractivity (Wildman–Crippen MR) is 70.8 cm³/mol. The van der Waals surface area contributed by atoms with Crippen molar-refractivity contribution >= 4 is 22.2 Å². The zero-order valence-corrected chi connectivity index (χ0v) is 11.8. The van der Waals surface area contributed by atoms with E-state index in [0.29, 0.717) is 23.6 Å². The first-order chi connectivity index (χ1) is 9.11. The molecule has 0 unspecified atom stereocenters. The van der Waals surface area contributed by atoms with Crippen molar-refractivity contribution in [2.75, 3.05) is 6.54 Å². The summed E-state index contributed by atoms with van der Waals surface area (Å²) in [5.74, 6) is -0.0270. The minimum atomic E-state index is -4.67. The second-order valence-electron chi connectivity index (χ2n) is 4.61. The summed E-state index contributed by atoms with van der Waals surface area (Å²) >= 11 is 0. The molecule has 1 aromatic carbocycles. The number of carbonyl (C=O) groups is 2. The standard InChI is InChI=1S/C12H13NO2.H2O4S/c1-8(2)7-13-11(14)9-5-3-4-6-10(9)12(13)15;1-5(2,3)4/h3-6,8H,7H2,1-2H3;(H2,1,2,3,4). The van der Waals surface area contributed by atoms with E-state index in [0.717, 1.165) is 0 Å². The van der Waals surface area contributed by atoms with Gasteiger partial charge in [-0.25, -0.2) is 0 Å². The number of nitrogens with zero attached hydrogens (tertiary/aromatic N) is 1. The molecule has 0 aromatic heterocycles. The van der Waals surface area contributed by atoms with Crippen LogP contribution < -0.4 is 0 Å². The molecule has 2 N–H and O–H groups in total. The summed E-state index contributed by atoms with van der Waals surface area (Å²) in [6, 6.07) is 6.97. The van der Waals surface area contributed by atoms with Gasteiger partial charge in [0.15, 0.2) is 0 Å². The number of benzene rings is 1. The summed E-state index contributed by atoms with van der Waals surface area (Å²) in [4.78, 5) is 25.0. The van der Waals surface area contributed by atoms with Gasteiger partial charge in [0.2, 0.25) is 0 Å². The lowest BCUT2D eigenvalue weighted by Crippen LogP contribution is -2.33. The maximum Gasteiger partial charge on any atom is 0.394 e. The summed E-state index contributed by atoms with van der Waals surface area (Å²) in [5.41, 5.74) is 1.06. The van der Waals surface area contributed by atoms with Crippen LogP contribution in [0, 0.1) is 5.92 Å². The van der Waals surface area contributed by atoms with Crippen molar-refractivity contribution in [2.24, 2.45) is 5.92 Å². The van der Waals surface area contributed by atoms with Crippen molar-refractivity contribution in [2.45, 2.75) is 13.8 Å². The van der Waals surface area contributed by atoms with Gasteiger partial charge < -0.3 is 0 Å². The monoisotopic (exact) mass is 301 g/mol. The van der Waals surface area contributed by atoms with Crippen LogP contribution in [0.4, 0.5) is 0 Å². The number of amides is 2. The molecule has 0 atom stereocenters. The molecule has 0 saturated carbocycles. The summed E-state index contributed by atoms with van der Waals surface area (Å²) < 4.78 is 31.6. The second kappa shape index (κ2) is 6.12. The highest BCUT2D eigenvalue weighted by atomic mass is 32.3.